The largest absolute Gasteiger partial charge is 0.481 e. The summed E-state index contributed by atoms with van der Waals surface area (Å²) in [6.45, 7) is 2.48. The lowest BCUT2D eigenvalue weighted by Gasteiger charge is -2.07. The molecule has 0 saturated carbocycles. The van der Waals surface area contributed by atoms with Crippen molar-refractivity contribution in [2.24, 2.45) is 5.73 Å². The Balaban J connectivity index is 4.41. The van der Waals surface area contributed by atoms with Gasteiger partial charge in [-0.3, -0.25) is 14.4 Å². The van der Waals surface area contributed by atoms with E-state index in [-0.39, 0.29) is 18.4 Å². The summed E-state index contributed by atoms with van der Waals surface area (Å²) in [4.78, 5) is 32.7. The topological polar surface area (TPSA) is 109 Å². The van der Waals surface area contributed by atoms with Gasteiger partial charge in [-0.05, 0) is 12.8 Å². The SMILES string of the molecule is CCCCNC(=O)/C(=C\C(N)=O)CCC(=O)O. The van der Waals surface area contributed by atoms with E-state index in [1.807, 2.05) is 6.92 Å². The Kier molecular flexibility index (Phi) is 7.41. The lowest BCUT2D eigenvalue weighted by molar-refractivity contribution is -0.137. The lowest BCUT2D eigenvalue weighted by Crippen LogP contribution is -2.27. The van der Waals surface area contributed by atoms with Gasteiger partial charge in [0.1, 0.15) is 0 Å². The number of primary amides is 1. The molecule has 0 aliphatic rings. The molecule has 0 atom stereocenters. The maximum atomic E-state index is 11.6. The number of nitrogens with one attached hydrogen (secondary N) is 1. The molecule has 0 unspecified atom stereocenters. The van der Waals surface area contributed by atoms with Crippen molar-refractivity contribution in [3.63, 3.8) is 0 Å². The van der Waals surface area contributed by atoms with Crippen molar-refractivity contribution in [1.29, 1.82) is 0 Å². The van der Waals surface area contributed by atoms with Gasteiger partial charge in [-0.2, -0.15) is 0 Å². The number of aliphatic carboxylic acids is 1. The Hall–Kier alpha value is -1.85. The number of hydrogen-bond acceptors (Lipinski definition) is 3. The second kappa shape index (κ2) is 8.32. The van der Waals surface area contributed by atoms with E-state index in [0.717, 1.165) is 18.9 Å². The zero-order chi connectivity index (χ0) is 13.3. The molecule has 6 heteroatoms. The van der Waals surface area contributed by atoms with Crippen LogP contribution in [0.1, 0.15) is 32.6 Å². The van der Waals surface area contributed by atoms with Gasteiger partial charge in [-0.1, -0.05) is 13.3 Å². The number of carbonyl (C=O) groups excluding carboxylic acids is 2. The van der Waals surface area contributed by atoms with Crippen LogP contribution in [0, 0.1) is 0 Å². The van der Waals surface area contributed by atoms with Gasteiger partial charge < -0.3 is 16.2 Å². The van der Waals surface area contributed by atoms with Gasteiger partial charge in [0.2, 0.25) is 11.8 Å². The highest BCUT2D eigenvalue weighted by Crippen LogP contribution is 2.05. The first-order chi connectivity index (χ1) is 7.97. The fourth-order valence-corrected chi connectivity index (χ4v) is 1.16. The van der Waals surface area contributed by atoms with Crippen molar-refractivity contribution in [2.75, 3.05) is 6.54 Å². The second-order valence-corrected chi connectivity index (χ2v) is 3.58. The number of amides is 2. The van der Waals surface area contributed by atoms with Crippen LogP contribution in [-0.4, -0.2) is 29.4 Å². The third kappa shape index (κ3) is 8.01. The predicted molar refractivity (Wildman–Crippen MR) is 62.1 cm³/mol. The van der Waals surface area contributed by atoms with Crippen LogP contribution in [0.3, 0.4) is 0 Å². The fourth-order valence-electron chi connectivity index (χ4n) is 1.16. The Morgan fingerprint density at radius 1 is 1.29 bits per heavy atom. The number of carbonyl (C=O) groups is 3. The Morgan fingerprint density at radius 3 is 2.41 bits per heavy atom. The van der Waals surface area contributed by atoms with Crippen molar-refractivity contribution in [2.45, 2.75) is 32.6 Å². The molecule has 0 aliphatic carbocycles. The molecule has 0 rings (SSSR count). The molecule has 0 heterocycles. The van der Waals surface area contributed by atoms with Gasteiger partial charge in [0.05, 0.1) is 0 Å². The normalized spacial score (nSPS) is 11.0. The molecule has 0 saturated heterocycles. The molecule has 2 amide bonds. The van der Waals surface area contributed by atoms with Crippen molar-refractivity contribution in [3.8, 4) is 0 Å². The van der Waals surface area contributed by atoms with Crippen LogP contribution in [0.15, 0.2) is 11.6 Å². The molecule has 0 radical (unpaired) electrons. The van der Waals surface area contributed by atoms with E-state index in [0.29, 0.717) is 6.54 Å². The fraction of sp³-hybridized carbons (Fsp3) is 0.545. The maximum Gasteiger partial charge on any atom is 0.303 e. The van der Waals surface area contributed by atoms with Gasteiger partial charge in [0.15, 0.2) is 0 Å². The van der Waals surface area contributed by atoms with Crippen LogP contribution in [0.25, 0.3) is 0 Å². The average molecular weight is 242 g/mol. The number of carboxylic acids is 1. The quantitative estimate of drug-likeness (QED) is 0.416. The van der Waals surface area contributed by atoms with E-state index in [1.54, 1.807) is 0 Å². The highest BCUT2D eigenvalue weighted by molar-refractivity contribution is 6.00. The number of unbranched alkanes of at least 4 members (excludes halogenated alkanes) is 1. The predicted octanol–water partition coefficient (Wildman–Crippen LogP) is 0.179. The van der Waals surface area contributed by atoms with Crippen molar-refractivity contribution < 1.29 is 19.5 Å². The molecule has 0 aromatic rings. The van der Waals surface area contributed by atoms with Gasteiger partial charge in [-0.25, -0.2) is 0 Å². The van der Waals surface area contributed by atoms with Crippen molar-refractivity contribution in [3.05, 3.63) is 11.6 Å². The highest BCUT2D eigenvalue weighted by Gasteiger charge is 2.11. The van der Waals surface area contributed by atoms with Crippen LogP contribution < -0.4 is 11.1 Å². The van der Waals surface area contributed by atoms with E-state index in [2.05, 4.69) is 5.32 Å². The Labute approximate surface area is 99.9 Å². The molecule has 0 aromatic carbocycles. The summed E-state index contributed by atoms with van der Waals surface area (Å²) < 4.78 is 0. The molecule has 0 spiro atoms. The summed E-state index contributed by atoms with van der Waals surface area (Å²) >= 11 is 0. The van der Waals surface area contributed by atoms with Crippen LogP contribution in [0.5, 0.6) is 0 Å². The standard InChI is InChI=1S/C11H18N2O4/c1-2-3-6-13-11(17)8(7-9(12)14)4-5-10(15)16/h7H,2-6H2,1H3,(H2,12,14)(H,13,17)(H,15,16)/b8-7-. The summed E-state index contributed by atoms with van der Waals surface area (Å²) in [7, 11) is 0. The zero-order valence-electron chi connectivity index (χ0n) is 9.86. The second-order valence-electron chi connectivity index (χ2n) is 3.58. The Morgan fingerprint density at radius 2 is 1.94 bits per heavy atom. The average Bonchev–Trinajstić information content (AvgIpc) is 2.23. The minimum atomic E-state index is -1.03. The number of nitrogens with two attached hydrogens (primary N) is 1. The zero-order valence-corrected chi connectivity index (χ0v) is 9.86. The summed E-state index contributed by atoms with van der Waals surface area (Å²) in [5.41, 5.74) is 5.06. The number of carboxylic acid groups (broad SMARTS) is 1. The molecular weight excluding hydrogens is 224 g/mol. The smallest absolute Gasteiger partial charge is 0.303 e. The van der Waals surface area contributed by atoms with E-state index < -0.39 is 17.8 Å². The summed E-state index contributed by atoms with van der Waals surface area (Å²) in [5, 5.41) is 11.1. The molecule has 0 aromatic heterocycles. The lowest BCUT2D eigenvalue weighted by atomic mass is 10.1. The summed E-state index contributed by atoms with van der Waals surface area (Å²) in [6.07, 6.45) is 2.53. The molecular formula is C11H18N2O4. The monoisotopic (exact) mass is 242 g/mol. The Bertz CT molecular complexity index is 323. The summed E-state index contributed by atoms with van der Waals surface area (Å²) in [6, 6.07) is 0. The van der Waals surface area contributed by atoms with Gasteiger partial charge in [0, 0.05) is 24.6 Å². The summed E-state index contributed by atoms with van der Waals surface area (Å²) in [5.74, 6) is -2.21. The minimum Gasteiger partial charge on any atom is -0.481 e. The van der Waals surface area contributed by atoms with Crippen LogP contribution in [-0.2, 0) is 14.4 Å². The number of hydrogen-bond donors (Lipinski definition) is 3. The minimum absolute atomic E-state index is 0.00374. The van der Waals surface area contributed by atoms with Crippen LogP contribution in [0.4, 0.5) is 0 Å². The first kappa shape index (κ1) is 15.2. The third-order valence-electron chi connectivity index (χ3n) is 2.03. The van der Waals surface area contributed by atoms with E-state index in [9.17, 15) is 14.4 Å². The maximum absolute atomic E-state index is 11.6. The molecule has 0 fully saturated rings. The van der Waals surface area contributed by atoms with Gasteiger partial charge in [0.25, 0.3) is 0 Å². The van der Waals surface area contributed by atoms with Crippen molar-refractivity contribution >= 4 is 17.8 Å². The third-order valence-corrected chi connectivity index (χ3v) is 2.03. The first-order valence-electron chi connectivity index (χ1n) is 5.47. The first-order valence-corrected chi connectivity index (χ1v) is 5.47. The van der Waals surface area contributed by atoms with E-state index in [4.69, 9.17) is 10.8 Å². The van der Waals surface area contributed by atoms with Gasteiger partial charge >= 0.3 is 5.97 Å². The van der Waals surface area contributed by atoms with Gasteiger partial charge in [-0.15, -0.1) is 0 Å². The molecule has 0 aliphatic heterocycles. The molecule has 4 N–H and O–H groups in total. The van der Waals surface area contributed by atoms with Crippen LogP contribution in [0.2, 0.25) is 0 Å². The number of rotatable bonds is 8. The molecule has 17 heavy (non-hydrogen) atoms. The van der Waals surface area contributed by atoms with E-state index >= 15 is 0 Å². The molecule has 96 valence electrons. The highest BCUT2D eigenvalue weighted by atomic mass is 16.4. The van der Waals surface area contributed by atoms with Crippen molar-refractivity contribution in [1.82, 2.24) is 5.32 Å². The van der Waals surface area contributed by atoms with Crippen LogP contribution >= 0.6 is 0 Å². The molecule has 6 nitrogen and oxygen atoms in total. The van der Waals surface area contributed by atoms with E-state index in [1.165, 1.54) is 0 Å². The molecule has 0 bridgehead atoms.